The summed E-state index contributed by atoms with van der Waals surface area (Å²) < 4.78 is 43.1. The van der Waals surface area contributed by atoms with Crippen LogP contribution in [0.3, 0.4) is 0 Å². The van der Waals surface area contributed by atoms with Crippen molar-refractivity contribution in [1.82, 2.24) is 9.62 Å². The van der Waals surface area contributed by atoms with Crippen molar-refractivity contribution < 1.29 is 12.8 Å². The van der Waals surface area contributed by atoms with E-state index in [2.05, 4.69) is 9.12 Å². The highest BCUT2D eigenvalue weighted by atomic mass is 32.2. The highest BCUT2D eigenvalue weighted by Gasteiger charge is 2.33. The van der Waals surface area contributed by atoms with Gasteiger partial charge in [-0.25, -0.2) is 4.39 Å². The highest BCUT2D eigenvalue weighted by molar-refractivity contribution is 7.88. The number of halogens is 1. The molecule has 0 amide bonds. The fraction of sp³-hybridized carbons (Fsp3) is 0.462. The summed E-state index contributed by atoms with van der Waals surface area (Å²) in [6.45, 7) is 0.753. The predicted octanol–water partition coefficient (Wildman–Crippen LogP) is 1.95. The molecule has 0 saturated carbocycles. The van der Waals surface area contributed by atoms with Crippen LogP contribution in [0.2, 0.25) is 0 Å². The molecule has 1 aromatic carbocycles. The van der Waals surface area contributed by atoms with Crippen LogP contribution in [-0.4, -0.2) is 25.7 Å². The lowest BCUT2D eigenvalue weighted by atomic mass is 10.1. The zero-order valence-corrected chi connectivity index (χ0v) is 11.7. The molecule has 0 radical (unpaired) electrons. The van der Waals surface area contributed by atoms with E-state index in [4.69, 9.17) is 0 Å². The molecule has 0 spiro atoms. The Kier molecular flexibility index (Phi) is 3.47. The molecular weight excluding hydrogens is 281 g/mol. The summed E-state index contributed by atoms with van der Waals surface area (Å²) in [5, 5.41) is 0. The van der Waals surface area contributed by atoms with Crippen LogP contribution in [0.15, 0.2) is 28.7 Å². The molecule has 20 heavy (non-hydrogen) atoms. The van der Waals surface area contributed by atoms with E-state index in [0.29, 0.717) is 12.3 Å². The Hall–Kier alpha value is -1.47. The summed E-state index contributed by atoms with van der Waals surface area (Å²) in [4.78, 5) is 1.97. The Morgan fingerprint density at radius 3 is 2.70 bits per heavy atom. The minimum absolute atomic E-state index is 0.336. The zero-order valence-electron chi connectivity index (χ0n) is 10.9. The van der Waals surface area contributed by atoms with Gasteiger partial charge in [0, 0.05) is 13.0 Å². The molecule has 2 heterocycles. The predicted molar refractivity (Wildman–Crippen MR) is 73.8 cm³/mol. The van der Waals surface area contributed by atoms with Gasteiger partial charge in [0.1, 0.15) is 17.8 Å². The number of hydrogen-bond acceptors (Lipinski definition) is 3. The molecule has 1 N–H and O–H groups in total. The Morgan fingerprint density at radius 2 is 1.95 bits per heavy atom. The fourth-order valence-corrected chi connectivity index (χ4v) is 3.73. The number of benzene rings is 1. The third-order valence-corrected chi connectivity index (χ3v) is 4.59. The molecular formula is C13H16FN3O2S. The first-order chi connectivity index (χ1) is 9.55. The van der Waals surface area contributed by atoms with Gasteiger partial charge in [0.2, 0.25) is 0 Å². The lowest BCUT2D eigenvalue weighted by Gasteiger charge is -2.36. The molecule has 0 aromatic heterocycles. The van der Waals surface area contributed by atoms with Gasteiger partial charge in [-0.3, -0.25) is 0 Å². The Labute approximate surface area is 117 Å². The molecule has 7 heteroatoms. The maximum atomic E-state index is 13.0. The van der Waals surface area contributed by atoms with Crippen LogP contribution in [0, 0.1) is 5.82 Å². The fourth-order valence-electron chi connectivity index (χ4n) is 2.65. The standard InChI is InChI=1S/C13H16FN3O2S/c14-11-7-5-10(6-8-11)13-16-20(18,19)15-12-4-2-1-3-9-17(12)13/h5-8,13,16H,1-4,9H2/t13-/m0/s1. The Bertz CT molecular complexity index is 628. The summed E-state index contributed by atoms with van der Waals surface area (Å²) in [6, 6.07) is 5.90. The minimum atomic E-state index is -3.67. The SMILES string of the molecule is O=S1(=O)N=C2CCCCCN2[C@@H](c2ccc(F)cc2)N1. The molecule has 1 aromatic rings. The minimum Gasteiger partial charge on any atom is -0.339 e. The largest absolute Gasteiger partial charge is 0.339 e. The molecule has 0 aliphatic carbocycles. The molecule has 2 aliphatic rings. The first kappa shape index (κ1) is 13.5. The molecule has 0 unspecified atom stereocenters. The zero-order chi connectivity index (χ0) is 14.2. The first-order valence-electron chi connectivity index (χ1n) is 6.68. The van der Waals surface area contributed by atoms with Crippen LogP contribution in [0.5, 0.6) is 0 Å². The summed E-state index contributed by atoms with van der Waals surface area (Å²) in [7, 11) is -3.67. The molecule has 1 fully saturated rings. The van der Waals surface area contributed by atoms with Crippen LogP contribution in [0.1, 0.15) is 37.4 Å². The smallest absolute Gasteiger partial charge is 0.323 e. The van der Waals surface area contributed by atoms with Gasteiger partial charge in [-0.15, -0.1) is 4.40 Å². The van der Waals surface area contributed by atoms with Crippen molar-refractivity contribution in [2.45, 2.75) is 31.8 Å². The van der Waals surface area contributed by atoms with Gasteiger partial charge in [-0.1, -0.05) is 18.6 Å². The van der Waals surface area contributed by atoms with E-state index in [9.17, 15) is 12.8 Å². The van der Waals surface area contributed by atoms with Gasteiger partial charge in [-0.05, 0) is 30.5 Å². The number of rotatable bonds is 1. The number of nitrogens with zero attached hydrogens (tertiary/aromatic N) is 2. The Morgan fingerprint density at radius 1 is 1.20 bits per heavy atom. The maximum Gasteiger partial charge on any atom is 0.323 e. The van der Waals surface area contributed by atoms with E-state index in [1.54, 1.807) is 12.1 Å². The quantitative estimate of drug-likeness (QED) is 0.862. The third-order valence-electron chi connectivity index (χ3n) is 3.61. The average Bonchev–Trinajstić information content (AvgIpc) is 2.62. The molecule has 2 aliphatic heterocycles. The van der Waals surface area contributed by atoms with Gasteiger partial charge in [-0.2, -0.15) is 13.1 Å². The number of nitrogens with one attached hydrogen (secondary N) is 1. The first-order valence-corrected chi connectivity index (χ1v) is 8.12. The second-order valence-corrected chi connectivity index (χ2v) is 6.43. The maximum absolute atomic E-state index is 13.0. The van der Waals surface area contributed by atoms with Gasteiger partial charge >= 0.3 is 10.2 Å². The summed E-state index contributed by atoms with van der Waals surface area (Å²) in [5.41, 5.74) is 0.726. The van der Waals surface area contributed by atoms with Crippen LogP contribution < -0.4 is 4.72 Å². The summed E-state index contributed by atoms with van der Waals surface area (Å²) in [6.07, 6.45) is 3.18. The van der Waals surface area contributed by atoms with Crippen molar-refractivity contribution in [3.63, 3.8) is 0 Å². The Balaban J connectivity index is 2.01. The van der Waals surface area contributed by atoms with E-state index < -0.39 is 16.4 Å². The van der Waals surface area contributed by atoms with E-state index >= 15 is 0 Å². The van der Waals surface area contributed by atoms with Crippen molar-refractivity contribution >= 4 is 16.0 Å². The number of amidine groups is 1. The van der Waals surface area contributed by atoms with E-state index in [0.717, 1.165) is 31.4 Å². The summed E-state index contributed by atoms with van der Waals surface area (Å²) >= 11 is 0. The monoisotopic (exact) mass is 297 g/mol. The summed E-state index contributed by atoms with van der Waals surface area (Å²) in [5.74, 6) is 0.271. The van der Waals surface area contributed by atoms with Gasteiger partial charge in [0.15, 0.2) is 0 Å². The van der Waals surface area contributed by atoms with Crippen LogP contribution in [0.25, 0.3) is 0 Å². The number of fused-ring (bicyclic) bond motifs is 1. The highest BCUT2D eigenvalue weighted by Crippen LogP contribution is 2.28. The van der Waals surface area contributed by atoms with E-state index in [1.165, 1.54) is 12.1 Å². The lowest BCUT2D eigenvalue weighted by molar-refractivity contribution is 0.291. The lowest BCUT2D eigenvalue weighted by Crippen LogP contribution is -2.48. The van der Waals surface area contributed by atoms with Crippen molar-refractivity contribution in [1.29, 1.82) is 0 Å². The van der Waals surface area contributed by atoms with Crippen LogP contribution in [-0.2, 0) is 10.2 Å². The molecule has 1 atom stereocenters. The third kappa shape index (κ3) is 2.69. The topological polar surface area (TPSA) is 61.8 Å². The number of hydrogen-bond donors (Lipinski definition) is 1. The van der Waals surface area contributed by atoms with Gasteiger partial charge < -0.3 is 4.90 Å². The van der Waals surface area contributed by atoms with E-state index in [-0.39, 0.29) is 5.82 Å². The van der Waals surface area contributed by atoms with Crippen LogP contribution >= 0.6 is 0 Å². The van der Waals surface area contributed by atoms with Crippen molar-refractivity contribution in [3.8, 4) is 0 Å². The van der Waals surface area contributed by atoms with Gasteiger partial charge in [0.25, 0.3) is 0 Å². The molecule has 0 bridgehead atoms. The average molecular weight is 297 g/mol. The molecule has 108 valence electrons. The van der Waals surface area contributed by atoms with Crippen LogP contribution in [0.4, 0.5) is 4.39 Å². The van der Waals surface area contributed by atoms with Crippen molar-refractivity contribution in [2.24, 2.45) is 4.40 Å². The second kappa shape index (κ2) is 5.14. The molecule has 5 nitrogen and oxygen atoms in total. The molecule has 3 rings (SSSR count). The second-order valence-electron chi connectivity index (χ2n) is 5.06. The van der Waals surface area contributed by atoms with E-state index in [1.807, 2.05) is 4.90 Å². The van der Waals surface area contributed by atoms with Crippen molar-refractivity contribution in [3.05, 3.63) is 35.6 Å². The molecule has 1 saturated heterocycles. The van der Waals surface area contributed by atoms with Crippen molar-refractivity contribution in [2.75, 3.05) is 6.54 Å². The normalized spacial score (nSPS) is 25.6. The van der Waals surface area contributed by atoms with Gasteiger partial charge in [0.05, 0.1) is 0 Å².